The number of nitrogen functional groups attached to an aromatic ring is 1. The molecule has 0 spiro atoms. The highest BCUT2D eigenvalue weighted by atomic mass is 16.2. The number of carbonyl (C=O) groups excluding carboxylic acids is 2. The summed E-state index contributed by atoms with van der Waals surface area (Å²) in [7, 11) is 0. The molecule has 4 heteroatoms. The monoisotopic (exact) mass is 218 g/mol. The Morgan fingerprint density at radius 3 is 2.44 bits per heavy atom. The van der Waals surface area contributed by atoms with Gasteiger partial charge in [0.1, 0.15) is 0 Å². The Morgan fingerprint density at radius 2 is 1.94 bits per heavy atom. The quantitative estimate of drug-likeness (QED) is 0.598. The van der Waals surface area contributed by atoms with Gasteiger partial charge in [0.15, 0.2) is 0 Å². The third-order valence-electron chi connectivity index (χ3n) is 2.79. The second kappa shape index (κ2) is 3.96. The van der Waals surface area contributed by atoms with E-state index in [4.69, 9.17) is 5.73 Å². The molecule has 1 heterocycles. The van der Waals surface area contributed by atoms with Crippen LogP contribution in [-0.2, 0) is 16.1 Å². The van der Waals surface area contributed by atoms with Crippen molar-refractivity contribution >= 4 is 17.5 Å². The molecular weight excluding hydrogens is 204 g/mol. The molecule has 1 atom stereocenters. The van der Waals surface area contributed by atoms with Crippen LogP contribution >= 0.6 is 0 Å². The van der Waals surface area contributed by atoms with E-state index >= 15 is 0 Å². The Labute approximate surface area is 94.0 Å². The standard InChI is InChI=1S/C12H14N2O2/c1-8-6-11(15)14(12(8)16)7-9-2-4-10(13)5-3-9/h2-5,8H,6-7,13H2,1H3. The van der Waals surface area contributed by atoms with Crippen LogP contribution in [0.5, 0.6) is 0 Å². The van der Waals surface area contributed by atoms with Crippen molar-refractivity contribution in [1.82, 2.24) is 4.90 Å². The van der Waals surface area contributed by atoms with Crippen LogP contribution in [0, 0.1) is 5.92 Å². The maximum Gasteiger partial charge on any atom is 0.232 e. The van der Waals surface area contributed by atoms with Crippen LogP contribution in [0.15, 0.2) is 24.3 Å². The van der Waals surface area contributed by atoms with Gasteiger partial charge < -0.3 is 5.73 Å². The van der Waals surface area contributed by atoms with Gasteiger partial charge in [0, 0.05) is 18.0 Å². The third-order valence-corrected chi connectivity index (χ3v) is 2.79. The molecule has 84 valence electrons. The van der Waals surface area contributed by atoms with Crippen molar-refractivity contribution in [3.05, 3.63) is 29.8 Å². The van der Waals surface area contributed by atoms with E-state index in [0.717, 1.165) is 5.56 Å². The molecule has 0 aromatic heterocycles. The average molecular weight is 218 g/mol. The van der Waals surface area contributed by atoms with Crippen LogP contribution in [0.4, 0.5) is 5.69 Å². The van der Waals surface area contributed by atoms with Crippen LogP contribution in [0.3, 0.4) is 0 Å². The van der Waals surface area contributed by atoms with E-state index < -0.39 is 0 Å². The summed E-state index contributed by atoms with van der Waals surface area (Å²) in [6, 6.07) is 7.20. The molecule has 1 fully saturated rings. The highest BCUT2D eigenvalue weighted by Crippen LogP contribution is 2.21. The van der Waals surface area contributed by atoms with Crippen molar-refractivity contribution in [1.29, 1.82) is 0 Å². The topological polar surface area (TPSA) is 63.4 Å². The summed E-state index contributed by atoms with van der Waals surface area (Å²) in [6.45, 7) is 2.13. The van der Waals surface area contributed by atoms with Gasteiger partial charge in [-0.3, -0.25) is 14.5 Å². The Kier molecular flexibility index (Phi) is 2.64. The fraction of sp³-hybridized carbons (Fsp3) is 0.333. The molecule has 1 aromatic carbocycles. The number of benzene rings is 1. The van der Waals surface area contributed by atoms with Crippen molar-refractivity contribution in [3.63, 3.8) is 0 Å². The molecule has 0 saturated carbocycles. The molecule has 2 amide bonds. The molecule has 2 N–H and O–H groups in total. The summed E-state index contributed by atoms with van der Waals surface area (Å²) in [5.41, 5.74) is 7.16. The fourth-order valence-electron chi connectivity index (χ4n) is 1.82. The minimum atomic E-state index is -0.179. The SMILES string of the molecule is CC1CC(=O)N(Cc2ccc(N)cc2)C1=O. The molecule has 1 aromatic rings. The van der Waals surface area contributed by atoms with Gasteiger partial charge in [-0.05, 0) is 17.7 Å². The number of likely N-dealkylation sites (tertiary alicyclic amines) is 1. The van der Waals surface area contributed by atoms with Crippen molar-refractivity contribution in [2.45, 2.75) is 19.9 Å². The number of hydrogen-bond acceptors (Lipinski definition) is 3. The van der Waals surface area contributed by atoms with Crippen LogP contribution < -0.4 is 5.73 Å². The lowest BCUT2D eigenvalue weighted by Gasteiger charge is -2.14. The second-order valence-electron chi connectivity index (χ2n) is 4.16. The molecule has 1 aliphatic heterocycles. The lowest BCUT2D eigenvalue weighted by atomic mass is 10.1. The molecule has 0 aliphatic carbocycles. The van der Waals surface area contributed by atoms with Gasteiger partial charge in [-0.2, -0.15) is 0 Å². The Balaban J connectivity index is 2.13. The number of imide groups is 1. The number of nitrogens with zero attached hydrogens (tertiary/aromatic N) is 1. The summed E-state index contributed by atoms with van der Waals surface area (Å²) in [6.07, 6.45) is 0.327. The third kappa shape index (κ3) is 1.91. The first-order chi connectivity index (χ1) is 7.58. The lowest BCUT2D eigenvalue weighted by molar-refractivity contribution is -0.139. The summed E-state index contributed by atoms with van der Waals surface area (Å²) >= 11 is 0. The first kappa shape index (κ1) is 10.7. The van der Waals surface area contributed by atoms with Crippen molar-refractivity contribution < 1.29 is 9.59 Å². The maximum absolute atomic E-state index is 11.7. The first-order valence-electron chi connectivity index (χ1n) is 5.26. The minimum Gasteiger partial charge on any atom is -0.399 e. The lowest BCUT2D eigenvalue weighted by Crippen LogP contribution is -2.29. The van der Waals surface area contributed by atoms with Gasteiger partial charge in [-0.1, -0.05) is 19.1 Å². The number of nitrogens with two attached hydrogens (primary N) is 1. The summed E-state index contributed by atoms with van der Waals surface area (Å²) in [5, 5.41) is 0. The van der Waals surface area contributed by atoms with E-state index in [2.05, 4.69) is 0 Å². The molecule has 2 rings (SSSR count). The maximum atomic E-state index is 11.7. The van der Waals surface area contributed by atoms with E-state index in [1.807, 2.05) is 12.1 Å². The summed E-state index contributed by atoms with van der Waals surface area (Å²) in [4.78, 5) is 24.5. The number of carbonyl (C=O) groups is 2. The van der Waals surface area contributed by atoms with E-state index in [1.54, 1.807) is 19.1 Å². The fourth-order valence-corrected chi connectivity index (χ4v) is 1.82. The highest BCUT2D eigenvalue weighted by molar-refractivity contribution is 6.03. The zero-order valence-corrected chi connectivity index (χ0v) is 9.14. The van der Waals surface area contributed by atoms with Crippen molar-refractivity contribution in [2.75, 3.05) is 5.73 Å². The van der Waals surface area contributed by atoms with Gasteiger partial charge in [0.2, 0.25) is 11.8 Å². The minimum absolute atomic E-state index is 0.0816. The number of amides is 2. The first-order valence-corrected chi connectivity index (χ1v) is 5.26. The van der Waals surface area contributed by atoms with Crippen LogP contribution in [-0.4, -0.2) is 16.7 Å². The molecule has 1 aliphatic rings. The Morgan fingerprint density at radius 1 is 1.31 bits per heavy atom. The molecular formula is C12H14N2O2. The van der Waals surface area contributed by atoms with Crippen LogP contribution in [0.1, 0.15) is 18.9 Å². The number of rotatable bonds is 2. The van der Waals surface area contributed by atoms with Gasteiger partial charge in [0.05, 0.1) is 6.54 Å². The zero-order chi connectivity index (χ0) is 11.7. The van der Waals surface area contributed by atoms with Gasteiger partial charge >= 0.3 is 0 Å². The predicted molar refractivity (Wildman–Crippen MR) is 60.2 cm³/mol. The van der Waals surface area contributed by atoms with E-state index in [-0.39, 0.29) is 17.7 Å². The molecule has 16 heavy (non-hydrogen) atoms. The predicted octanol–water partition coefficient (Wildman–Crippen LogP) is 1.16. The van der Waals surface area contributed by atoms with Crippen LogP contribution in [0.2, 0.25) is 0 Å². The van der Waals surface area contributed by atoms with Crippen LogP contribution in [0.25, 0.3) is 0 Å². The Bertz CT molecular complexity index is 425. The Hall–Kier alpha value is -1.84. The van der Waals surface area contributed by atoms with E-state index in [1.165, 1.54) is 4.90 Å². The summed E-state index contributed by atoms with van der Waals surface area (Å²) in [5.74, 6) is -0.350. The molecule has 4 nitrogen and oxygen atoms in total. The molecule has 1 saturated heterocycles. The molecule has 0 bridgehead atoms. The normalized spacial score (nSPS) is 20.6. The highest BCUT2D eigenvalue weighted by Gasteiger charge is 2.35. The summed E-state index contributed by atoms with van der Waals surface area (Å²) < 4.78 is 0. The van der Waals surface area contributed by atoms with Crippen molar-refractivity contribution in [2.24, 2.45) is 5.92 Å². The van der Waals surface area contributed by atoms with Gasteiger partial charge in [-0.15, -0.1) is 0 Å². The van der Waals surface area contributed by atoms with Crippen molar-refractivity contribution in [3.8, 4) is 0 Å². The van der Waals surface area contributed by atoms with Gasteiger partial charge in [0.25, 0.3) is 0 Å². The smallest absolute Gasteiger partial charge is 0.232 e. The number of anilines is 1. The zero-order valence-electron chi connectivity index (χ0n) is 9.14. The van der Waals surface area contributed by atoms with E-state index in [9.17, 15) is 9.59 Å². The van der Waals surface area contributed by atoms with Gasteiger partial charge in [-0.25, -0.2) is 0 Å². The number of hydrogen-bond donors (Lipinski definition) is 1. The second-order valence-corrected chi connectivity index (χ2v) is 4.16. The molecule has 1 unspecified atom stereocenters. The average Bonchev–Trinajstić information content (AvgIpc) is 2.48. The van der Waals surface area contributed by atoms with E-state index in [0.29, 0.717) is 18.7 Å². The largest absolute Gasteiger partial charge is 0.399 e. The molecule has 0 radical (unpaired) electrons.